The summed E-state index contributed by atoms with van der Waals surface area (Å²) in [5.41, 5.74) is -0.622. The first-order chi connectivity index (χ1) is 9.88. The molecule has 0 aromatic carbocycles. The number of rotatable bonds is 5. The summed E-state index contributed by atoms with van der Waals surface area (Å²) < 4.78 is 0.619. The van der Waals surface area contributed by atoms with E-state index in [0.29, 0.717) is 4.34 Å². The second-order valence-electron chi connectivity index (χ2n) is 4.16. The zero-order valence-electron chi connectivity index (χ0n) is 10.7. The molecule has 21 heavy (non-hydrogen) atoms. The Balaban J connectivity index is 2.31. The van der Waals surface area contributed by atoms with Crippen molar-refractivity contribution < 1.29 is 14.8 Å². The highest BCUT2D eigenvalue weighted by Crippen LogP contribution is 2.30. The molecule has 0 saturated heterocycles. The van der Waals surface area contributed by atoms with Crippen LogP contribution in [0.5, 0.6) is 0 Å². The molecule has 0 aliphatic heterocycles. The fourth-order valence-electron chi connectivity index (χ4n) is 1.67. The van der Waals surface area contributed by atoms with Gasteiger partial charge >= 0.3 is 5.97 Å². The maximum absolute atomic E-state index is 11.2. The molecule has 1 unspecified atom stereocenters. The van der Waals surface area contributed by atoms with Crippen LogP contribution < -0.4 is 5.32 Å². The molecule has 0 saturated carbocycles. The lowest BCUT2D eigenvalue weighted by atomic mass is 10.2. The van der Waals surface area contributed by atoms with Crippen LogP contribution in [0.15, 0.2) is 24.4 Å². The number of nitro groups is 1. The lowest BCUT2D eigenvalue weighted by Gasteiger charge is -2.14. The van der Waals surface area contributed by atoms with Crippen molar-refractivity contribution in [2.24, 2.45) is 0 Å². The minimum atomic E-state index is -1.29. The minimum Gasteiger partial charge on any atom is -0.478 e. The van der Waals surface area contributed by atoms with Crippen LogP contribution in [0.2, 0.25) is 4.34 Å². The van der Waals surface area contributed by atoms with Gasteiger partial charge in [-0.25, -0.2) is 9.78 Å². The smallest absolute Gasteiger partial charge is 0.339 e. The Bertz CT molecular complexity index is 704. The first-order valence-corrected chi connectivity index (χ1v) is 6.97. The van der Waals surface area contributed by atoms with Crippen LogP contribution in [0.3, 0.4) is 0 Å². The van der Waals surface area contributed by atoms with Gasteiger partial charge in [-0.05, 0) is 19.1 Å². The maximum atomic E-state index is 11.2. The van der Waals surface area contributed by atoms with Gasteiger partial charge < -0.3 is 10.4 Å². The van der Waals surface area contributed by atoms with Crippen LogP contribution in [-0.4, -0.2) is 21.0 Å². The minimum absolute atomic E-state index is 0.0742. The van der Waals surface area contributed by atoms with E-state index in [4.69, 9.17) is 16.7 Å². The molecule has 0 radical (unpaired) electrons. The van der Waals surface area contributed by atoms with Crippen LogP contribution in [-0.2, 0) is 0 Å². The molecule has 9 heteroatoms. The van der Waals surface area contributed by atoms with E-state index in [9.17, 15) is 14.9 Å². The Kier molecular flexibility index (Phi) is 4.39. The summed E-state index contributed by atoms with van der Waals surface area (Å²) in [5.74, 6) is -1.21. The molecule has 1 atom stereocenters. The number of nitrogens with zero attached hydrogens (tertiary/aromatic N) is 2. The molecule has 2 aromatic rings. The standard InChI is InChI=1S/C12H10ClN3O4S/c1-6(9-2-3-10(13)21-9)15-11-8(12(17)18)4-7(5-14-11)16(19)20/h2-6H,1H3,(H,14,15)(H,17,18). The second-order valence-corrected chi connectivity index (χ2v) is 5.91. The van der Waals surface area contributed by atoms with Crippen LogP contribution in [0, 0.1) is 10.1 Å². The van der Waals surface area contributed by atoms with Crippen molar-refractivity contribution in [3.8, 4) is 0 Å². The molecule has 0 bridgehead atoms. The van der Waals surface area contributed by atoms with Crippen LogP contribution in [0.1, 0.15) is 28.2 Å². The number of aromatic carboxylic acids is 1. The highest BCUT2D eigenvalue weighted by molar-refractivity contribution is 7.16. The van der Waals surface area contributed by atoms with Gasteiger partial charge in [0.05, 0.1) is 15.3 Å². The van der Waals surface area contributed by atoms with Gasteiger partial charge in [0.2, 0.25) is 0 Å². The molecule has 7 nitrogen and oxygen atoms in total. The van der Waals surface area contributed by atoms with Gasteiger partial charge in [-0.3, -0.25) is 10.1 Å². The number of nitrogens with one attached hydrogen (secondary N) is 1. The van der Waals surface area contributed by atoms with Crippen LogP contribution in [0.4, 0.5) is 11.5 Å². The van der Waals surface area contributed by atoms with Gasteiger partial charge in [-0.15, -0.1) is 11.3 Å². The Hall–Kier alpha value is -2.19. The van der Waals surface area contributed by atoms with E-state index in [-0.39, 0.29) is 23.1 Å². The third-order valence-corrected chi connectivity index (χ3v) is 4.10. The number of carbonyl (C=O) groups is 1. The number of carboxylic acids is 1. The molecular weight excluding hydrogens is 318 g/mol. The molecule has 0 fully saturated rings. The zero-order valence-corrected chi connectivity index (χ0v) is 12.3. The van der Waals surface area contributed by atoms with E-state index in [1.54, 1.807) is 6.07 Å². The average molecular weight is 328 g/mol. The number of hydrogen-bond donors (Lipinski definition) is 2. The summed E-state index contributed by atoms with van der Waals surface area (Å²) in [5, 5.41) is 22.7. The molecule has 2 N–H and O–H groups in total. The van der Waals surface area contributed by atoms with Gasteiger partial charge in [-0.2, -0.15) is 0 Å². The number of anilines is 1. The summed E-state index contributed by atoms with van der Waals surface area (Å²) in [4.78, 5) is 25.9. The van der Waals surface area contributed by atoms with Gasteiger partial charge in [0.15, 0.2) is 0 Å². The molecule has 110 valence electrons. The average Bonchev–Trinajstić information content (AvgIpc) is 2.85. The number of aromatic nitrogens is 1. The SMILES string of the molecule is CC(Nc1ncc([N+](=O)[O-])cc1C(=O)O)c1ccc(Cl)s1. The summed E-state index contributed by atoms with van der Waals surface area (Å²) in [7, 11) is 0. The van der Waals surface area contributed by atoms with Gasteiger partial charge in [0.25, 0.3) is 5.69 Å². The largest absolute Gasteiger partial charge is 0.478 e. The third-order valence-electron chi connectivity index (χ3n) is 2.69. The predicted octanol–water partition coefficient (Wildman–Crippen LogP) is 3.58. The van der Waals surface area contributed by atoms with Crippen LogP contribution >= 0.6 is 22.9 Å². The van der Waals surface area contributed by atoms with E-state index in [2.05, 4.69) is 10.3 Å². The summed E-state index contributed by atoms with van der Waals surface area (Å²) >= 11 is 7.21. The first kappa shape index (κ1) is 15.2. The zero-order chi connectivity index (χ0) is 15.6. The van der Waals surface area contributed by atoms with Crippen molar-refractivity contribution in [1.82, 2.24) is 4.98 Å². The van der Waals surface area contributed by atoms with Gasteiger partial charge in [0.1, 0.15) is 17.6 Å². The Morgan fingerprint density at radius 3 is 2.81 bits per heavy atom. The third kappa shape index (κ3) is 3.47. The lowest BCUT2D eigenvalue weighted by Crippen LogP contribution is -2.12. The molecule has 2 rings (SSSR count). The van der Waals surface area contributed by atoms with Crippen molar-refractivity contribution in [2.45, 2.75) is 13.0 Å². The Labute approximate surface area is 128 Å². The van der Waals surface area contributed by atoms with Gasteiger partial charge in [0, 0.05) is 10.9 Å². The van der Waals surface area contributed by atoms with Crippen molar-refractivity contribution in [1.29, 1.82) is 0 Å². The van der Waals surface area contributed by atoms with Crippen molar-refractivity contribution >= 4 is 40.4 Å². The van der Waals surface area contributed by atoms with E-state index in [1.807, 2.05) is 13.0 Å². The number of carboxylic acid groups (broad SMARTS) is 1. The Morgan fingerprint density at radius 2 is 2.29 bits per heavy atom. The monoisotopic (exact) mass is 327 g/mol. The second kappa shape index (κ2) is 6.06. The van der Waals surface area contributed by atoms with Crippen LogP contribution in [0.25, 0.3) is 0 Å². The summed E-state index contributed by atoms with van der Waals surface area (Å²) in [6.45, 7) is 1.82. The highest BCUT2D eigenvalue weighted by atomic mass is 35.5. The normalized spacial score (nSPS) is 11.9. The summed E-state index contributed by atoms with van der Waals surface area (Å²) in [6, 6.07) is 4.30. The number of halogens is 1. The maximum Gasteiger partial charge on any atom is 0.339 e. The molecule has 2 aromatic heterocycles. The fourth-order valence-corrected chi connectivity index (χ4v) is 2.73. The highest BCUT2D eigenvalue weighted by Gasteiger charge is 2.19. The van der Waals surface area contributed by atoms with E-state index >= 15 is 0 Å². The van der Waals surface area contributed by atoms with Crippen molar-refractivity contribution in [3.63, 3.8) is 0 Å². The number of pyridine rings is 1. The molecule has 0 amide bonds. The molecule has 0 aliphatic carbocycles. The molecule has 0 aliphatic rings. The fraction of sp³-hybridized carbons (Fsp3) is 0.167. The van der Waals surface area contributed by atoms with Gasteiger partial charge in [-0.1, -0.05) is 11.6 Å². The first-order valence-electron chi connectivity index (χ1n) is 5.78. The predicted molar refractivity (Wildman–Crippen MR) is 79.2 cm³/mol. The quantitative estimate of drug-likeness (QED) is 0.642. The van der Waals surface area contributed by atoms with E-state index in [1.165, 1.54) is 11.3 Å². The van der Waals surface area contributed by atoms with Crippen molar-refractivity contribution in [3.05, 3.63) is 49.3 Å². The lowest BCUT2D eigenvalue weighted by molar-refractivity contribution is -0.385. The van der Waals surface area contributed by atoms with E-state index < -0.39 is 10.9 Å². The summed E-state index contributed by atoms with van der Waals surface area (Å²) in [6.07, 6.45) is 1.02. The van der Waals surface area contributed by atoms with E-state index in [0.717, 1.165) is 17.1 Å². The number of hydrogen-bond acceptors (Lipinski definition) is 6. The van der Waals surface area contributed by atoms with Crippen molar-refractivity contribution in [2.75, 3.05) is 5.32 Å². The number of thiophene rings is 1. The Morgan fingerprint density at radius 1 is 1.57 bits per heavy atom. The topological polar surface area (TPSA) is 105 Å². The molecule has 2 heterocycles. The molecular formula is C12H10ClN3O4S. The molecule has 0 spiro atoms.